The normalized spacial score (nSPS) is 22.1. The van der Waals surface area contributed by atoms with E-state index < -0.39 is 5.60 Å². The van der Waals surface area contributed by atoms with E-state index in [9.17, 15) is 9.90 Å². The van der Waals surface area contributed by atoms with Crippen LogP contribution < -0.4 is 0 Å². The van der Waals surface area contributed by atoms with Crippen LogP contribution >= 0.6 is 11.8 Å². The van der Waals surface area contributed by atoms with E-state index in [0.717, 1.165) is 27.7 Å². The summed E-state index contributed by atoms with van der Waals surface area (Å²) in [6.07, 6.45) is 0.154. The topological polar surface area (TPSA) is 75.2 Å². The van der Waals surface area contributed by atoms with Gasteiger partial charge in [0.2, 0.25) is 0 Å². The number of benzene rings is 2. The highest BCUT2D eigenvalue weighted by molar-refractivity contribution is 7.99. The Bertz CT molecular complexity index is 897. The number of H-pyrrole nitrogens is 1. The Morgan fingerprint density at radius 1 is 1.14 bits per heavy atom. The molecule has 1 saturated heterocycles. The first kappa shape index (κ1) is 18.8. The van der Waals surface area contributed by atoms with Gasteiger partial charge in [0.15, 0.2) is 5.16 Å². The average Bonchev–Trinajstić information content (AvgIpc) is 3.11. The fraction of sp³-hybridized carbons (Fsp3) is 0.273. The summed E-state index contributed by atoms with van der Waals surface area (Å²) < 4.78 is 5.39. The zero-order valence-electron chi connectivity index (χ0n) is 15.6. The summed E-state index contributed by atoms with van der Waals surface area (Å²) in [7, 11) is 0. The number of aromatic amines is 1. The van der Waals surface area contributed by atoms with Crippen LogP contribution in [0.1, 0.15) is 19.8 Å². The van der Waals surface area contributed by atoms with Gasteiger partial charge in [0.1, 0.15) is 6.10 Å². The molecule has 1 aromatic heterocycles. The number of nitrogens with zero attached hydrogens (tertiary/aromatic N) is 1. The third-order valence-corrected chi connectivity index (χ3v) is 5.69. The molecule has 0 amide bonds. The fourth-order valence-electron chi connectivity index (χ4n) is 3.45. The molecule has 2 heterocycles. The smallest absolute Gasteiger partial charge is 0.309 e. The van der Waals surface area contributed by atoms with Crippen molar-refractivity contribution in [2.75, 3.05) is 5.75 Å². The van der Waals surface area contributed by atoms with E-state index in [1.54, 1.807) is 6.92 Å². The van der Waals surface area contributed by atoms with Crippen molar-refractivity contribution >= 4 is 17.7 Å². The number of carbonyl (C=O) groups is 1. The maximum absolute atomic E-state index is 11.7. The number of esters is 1. The Labute approximate surface area is 168 Å². The molecule has 144 valence electrons. The van der Waals surface area contributed by atoms with Crippen molar-refractivity contribution < 1.29 is 14.6 Å². The minimum atomic E-state index is -1.01. The Hall–Kier alpha value is -2.57. The third kappa shape index (κ3) is 4.29. The summed E-state index contributed by atoms with van der Waals surface area (Å²) in [6.45, 7) is 1.68. The summed E-state index contributed by atoms with van der Waals surface area (Å²) >= 11 is 1.50. The number of cyclic esters (lactones) is 1. The van der Waals surface area contributed by atoms with E-state index in [1.807, 2.05) is 48.5 Å². The van der Waals surface area contributed by atoms with Gasteiger partial charge in [-0.1, -0.05) is 72.4 Å². The van der Waals surface area contributed by atoms with Gasteiger partial charge in [-0.05, 0) is 6.92 Å². The van der Waals surface area contributed by atoms with Gasteiger partial charge in [-0.25, -0.2) is 4.98 Å². The van der Waals surface area contributed by atoms with Gasteiger partial charge in [-0.15, -0.1) is 0 Å². The number of nitrogens with one attached hydrogen (secondary N) is 1. The largest absolute Gasteiger partial charge is 0.461 e. The molecule has 0 bridgehead atoms. The van der Waals surface area contributed by atoms with Crippen molar-refractivity contribution in [2.24, 2.45) is 0 Å². The number of carbonyl (C=O) groups excluding carboxylic acids is 1. The Morgan fingerprint density at radius 2 is 1.79 bits per heavy atom. The van der Waals surface area contributed by atoms with E-state index in [0.29, 0.717) is 12.2 Å². The van der Waals surface area contributed by atoms with Crippen LogP contribution in [-0.4, -0.2) is 38.5 Å². The second-order valence-electron chi connectivity index (χ2n) is 7.30. The van der Waals surface area contributed by atoms with Crippen molar-refractivity contribution in [1.82, 2.24) is 9.97 Å². The molecule has 2 atom stereocenters. The van der Waals surface area contributed by atoms with Crippen LogP contribution in [0.25, 0.3) is 22.5 Å². The molecule has 0 radical (unpaired) electrons. The number of rotatable bonds is 5. The number of aromatic nitrogens is 2. The van der Waals surface area contributed by atoms with Crippen LogP contribution in [0.5, 0.6) is 0 Å². The molecule has 5 nitrogen and oxygen atoms in total. The number of aliphatic hydroxyl groups is 1. The molecule has 0 aliphatic carbocycles. The SMILES string of the molecule is C[C@@]1(O)CC(=O)O[C@H](CSc2nc(-c3ccccc3)c(-c3ccccc3)[nH]2)C1. The molecule has 3 aromatic rings. The number of thioether (sulfide) groups is 1. The van der Waals surface area contributed by atoms with Crippen molar-refractivity contribution in [1.29, 1.82) is 0 Å². The molecule has 1 aliphatic rings. The van der Waals surface area contributed by atoms with Crippen molar-refractivity contribution in [2.45, 2.75) is 36.6 Å². The van der Waals surface area contributed by atoms with Crippen LogP contribution in [0, 0.1) is 0 Å². The average molecular weight is 394 g/mol. The quantitative estimate of drug-likeness (QED) is 0.499. The van der Waals surface area contributed by atoms with Gasteiger partial charge < -0.3 is 14.8 Å². The zero-order chi connectivity index (χ0) is 19.6. The molecule has 28 heavy (non-hydrogen) atoms. The number of ether oxygens (including phenoxy) is 1. The zero-order valence-corrected chi connectivity index (χ0v) is 16.4. The maximum atomic E-state index is 11.7. The lowest BCUT2D eigenvalue weighted by molar-refractivity contribution is -0.165. The molecular formula is C22H22N2O3S. The predicted octanol–water partition coefficient (Wildman–Crippen LogP) is 4.29. The predicted molar refractivity (Wildman–Crippen MR) is 110 cm³/mol. The highest BCUT2D eigenvalue weighted by Crippen LogP contribution is 2.34. The molecule has 6 heteroatoms. The van der Waals surface area contributed by atoms with E-state index in [1.165, 1.54) is 11.8 Å². The lowest BCUT2D eigenvalue weighted by Crippen LogP contribution is -2.41. The first-order chi connectivity index (χ1) is 13.5. The van der Waals surface area contributed by atoms with Gasteiger partial charge in [0, 0.05) is 23.3 Å². The van der Waals surface area contributed by atoms with Crippen molar-refractivity contribution in [3.63, 3.8) is 0 Å². The summed E-state index contributed by atoms with van der Waals surface area (Å²) in [5.74, 6) is 0.189. The summed E-state index contributed by atoms with van der Waals surface area (Å²) in [5.41, 5.74) is 2.95. The van der Waals surface area contributed by atoms with Crippen LogP contribution in [0.2, 0.25) is 0 Å². The van der Waals surface area contributed by atoms with Gasteiger partial charge in [0.25, 0.3) is 0 Å². The first-order valence-electron chi connectivity index (χ1n) is 9.26. The lowest BCUT2D eigenvalue weighted by Gasteiger charge is -2.32. The summed E-state index contributed by atoms with van der Waals surface area (Å²) in [4.78, 5) is 19.9. The Morgan fingerprint density at radius 3 is 2.43 bits per heavy atom. The number of hydrogen-bond donors (Lipinski definition) is 2. The molecule has 4 rings (SSSR count). The van der Waals surface area contributed by atoms with E-state index >= 15 is 0 Å². The minimum Gasteiger partial charge on any atom is -0.461 e. The number of imidazole rings is 1. The Balaban J connectivity index is 1.58. The van der Waals surface area contributed by atoms with Crippen LogP contribution in [-0.2, 0) is 9.53 Å². The van der Waals surface area contributed by atoms with Crippen molar-refractivity contribution in [3.8, 4) is 22.5 Å². The monoisotopic (exact) mass is 394 g/mol. The van der Waals surface area contributed by atoms with Gasteiger partial charge in [-0.3, -0.25) is 4.79 Å². The molecule has 1 aliphatic heterocycles. The summed E-state index contributed by atoms with van der Waals surface area (Å²) in [5, 5.41) is 11.0. The second kappa shape index (κ2) is 7.81. The lowest BCUT2D eigenvalue weighted by atomic mass is 9.93. The van der Waals surface area contributed by atoms with E-state index in [2.05, 4.69) is 17.1 Å². The minimum absolute atomic E-state index is 0.0469. The molecule has 0 unspecified atom stereocenters. The second-order valence-corrected chi connectivity index (χ2v) is 8.31. The number of hydrogen-bond acceptors (Lipinski definition) is 5. The molecule has 0 spiro atoms. The maximum Gasteiger partial charge on any atom is 0.309 e. The molecular weight excluding hydrogens is 372 g/mol. The van der Waals surface area contributed by atoms with Crippen molar-refractivity contribution in [3.05, 3.63) is 60.7 Å². The molecule has 1 fully saturated rings. The summed E-state index contributed by atoms with van der Waals surface area (Å²) in [6, 6.07) is 20.1. The van der Waals surface area contributed by atoms with Gasteiger partial charge >= 0.3 is 5.97 Å². The Kier molecular flexibility index (Phi) is 5.24. The first-order valence-corrected chi connectivity index (χ1v) is 10.2. The van der Waals surface area contributed by atoms with E-state index in [-0.39, 0.29) is 18.5 Å². The van der Waals surface area contributed by atoms with E-state index in [4.69, 9.17) is 9.72 Å². The molecule has 2 aromatic carbocycles. The van der Waals surface area contributed by atoms with Crippen LogP contribution in [0.3, 0.4) is 0 Å². The fourth-order valence-corrected chi connectivity index (χ4v) is 4.31. The third-order valence-electron chi connectivity index (χ3n) is 4.69. The van der Waals surface area contributed by atoms with Gasteiger partial charge in [-0.2, -0.15) is 0 Å². The van der Waals surface area contributed by atoms with Gasteiger partial charge in [0.05, 0.1) is 23.4 Å². The van der Waals surface area contributed by atoms with Crippen LogP contribution in [0.15, 0.2) is 65.8 Å². The standard InChI is InChI=1S/C22H22N2O3S/c1-22(26)12-17(27-18(25)13-22)14-28-21-23-19(15-8-4-2-5-9-15)20(24-21)16-10-6-3-7-11-16/h2-11,17,26H,12-14H2,1H3,(H,23,24)/t17-,22-/m0/s1. The highest BCUT2D eigenvalue weighted by atomic mass is 32.2. The highest BCUT2D eigenvalue weighted by Gasteiger charge is 2.36. The molecule has 2 N–H and O–H groups in total. The molecule has 0 saturated carbocycles. The van der Waals surface area contributed by atoms with Crippen LogP contribution in [0.4, 0.5) is 0 Å².